The maximum atomic E-state index is 8.87. The lowest BCUT2D eigenvalue weighted by Gasteiger charge is -2.32. The van der Waals surface area contributed by atoms with Crippen LogP contribution in [0.25, 0.3) is 0 Å². The van der Waals surface area contributed by atoms with Crippen LogP contribution in [-0.4, -0.2) is 36.7 Å². The van der Waals surface area contributed by atoms with Gasteiger partial charge >= 0.3 is 0 Å². The molecule has 1 fully saturated rings. The quantitative estimate of drug-likeness (QED) is 0.643. The minimum Gasteiger partial charge on any atom is -0.454 e. The van der Waals surface area contributed by atoms with Gasteiger partial charge in [-0.15, -0.1) is 0 Å². The molecule has 4 N–H and O–H groups in total. The Morgan fingerprint density at radius 1 is 1.43 bits per heavy atom. The zero-order valence-corrected chi connectivity index (χ0v) is 14.4. The van der Waals surface area contributed by atoms with Gasteiger partial charge in [0.05, 0.1) is 18.7 Å². The number of rotatable bonds is 2. The van der Waals surface area contributed by atoms with Gasteiger partial charge in [-0.2, -0.15) is 5.26 Å². The van der Waals surface area contributed by atoms with Gasteiger partial charge in [-0.05, 0) is 40.3 Å². The lowest BCUT2D eigenvalue weighted by molar-refractivity contribution is 0.0242. The molecule has 3 rings (SSSR count). The Morgan fingerprint density at radius 2 is 2.26 bits per heavy atom. The molecule has 0 saturated carbocycles. The van der Waals surface area contributed by atoms with Gasteiger partial charge < -0.3 is 30.6 Å². The summed E-state index contributed by atoms with van der Waals surface area (Å²) in [6.45, 7) is 0.506. The van der Waals surface area contributed by atoms with E-state index in [1.807, 2.05) is 12.1 Å². The number of hydrogen-bond acceptors (Lipinski definition) is 6. The molecule has 1 aromatic rings. The van der Waals surface area contributed by atoms with Crippen molar-refractivity contribution in [3.8, 4) is 17.6 Å². The Balaban J connectivity index is 1.65. The standard InChI is InChI=1S/C14H15BrN4O3S/c15-8-1-2-11-13(22-6-21-11)12(8)19-14(23)18-10-5-20-7(4-16)3-9(10)17/h1-2,7,9-10H,3,5-6,17H2,(H2,18,19,23)/t7-,9-,10+/m1/s1. The average molecular weight is 399 g/mol. The van der Waals surface area contributed by atoms with Gasteiger partial charge in [0.2, 0.25) is 6.79 Å². The van der Waals surface area contributed by atoms with E-state index in [1.165, 1.54) is 0 Å². The molecule has 0 aliphatic carbocycles. The van der Waals surface area contributed by atoms with Gasteiger partial charge in [0, 0.05) is 16.9 Å². The molecule has 1 saturated heterocycles. The van der Waals surface area contributed by atoms with Crippen molar-refractivity contribution >= 4 is 38.9 Å². The van der Waals surface area contributed by atoms with Crippen molar-refractivity contribution in [2.24, 2.45) is 5.73 Å². The summed E-state index contributed by atoms with van der Waals surface area (Å²) in [6.07, 6.45) is 0.0136. The van der Waals surface area contributed by atoms with E-state index in [1.54, 1.807) is 0 Å². The SMILES string of the molecule is N#C[C@H]1C[C@@H](N)[C@@H](NC(=S)Nc2c(Br)ccc3c2OCO3)CO1. The predicted molar refractivity (Wildman–Crippen MR) is 91.4 cm³/mol. The second-order valence-electron chi connectivity index (χ2n) is 5.21. The van der Waals surface area contributed by atoms with Gasteiger partial charge in [-0.3, -0.25) is 0 Å². The lowest BCUT2D eigenvalue weighted by atomic mass is 10.0. The summed E-state index contributed by atoms with van der Waals surface area (Å²) in [5.41, 5.74) is 6.76. The number of benzene rings is 1. The molecule has 7 nitrogen and oxygen atoms in total. The number of nitrogens with one attached hydrogen (secondary N) is 2. The molecule has 0 radical (unpaired) electrons. The first-order valence-electron chi connectivity index (χ1n) is 7.01. The molecule has 0 spiro atoms. The van der Waals surface area contributed by atoms with Crippen LogP contribution in [0.4, 0.5) is 5.69 Å². The maximum absolute atomic E-state index is 8.87. The van der Waals surface area contributed by atoms with Crippen LogP contribution in [0.3, 0.4) is 0 Å². The molecule has 0 amide bonds. The molecule has 2 aliphatic rings. The topological polar surface area (TPSA) is 102 Å². The van der Waals surface area contributed by atoms with E-state index >= 15 is 0 Å². The molecule has 2 heterocycles. The van der Waals surface area contributed by atoms with Crippen LogP contribution < -0.4 is 25.8 Å². The number of nitriles is 1. The van der Waals surface area contributed by atoms with Gasteiger partial charge in [-0.25, -0.2) is 0 Å². The van der Waals surface area contributed by atoms with E-state index in [9.17, 15) is 0 Å². The molecule has 1 aromatic carbocycles. The highest BCUT2D eigenvalue weighted by atomic mass is 79.9. The fourth-order valence-electron chi connectivity index (χ4n) is 2.44. The van der Waals surface area contributed by atoms with Crippen molar-refractivity contribution in [1.29, 1.82) is 5.26 Å². The molecule has 2 aliphatic heterocycles. The molecular weight excluding hydrogens is 384 g/mol. The van der Waals surface area contributed by atoms with Crippen molar-refractivity contribution in [3.63, 3.8) is 0 Å². The number of fused-ring (bicyclic) bond motifs is 1. The van der Waals surface area contributed by atoms with Crippen molar-refractivity contribution in [3.05, 3.63) is 16.6 Å². The fraction of sp³-hybridized carbons (Fsp3) is 0.429. The lowest BCUT2D eigenvalue weighted by Crippen LogP contribution is -2.55. The first-order chi connectivity index (χ1) is 11.1. The highest BCUT2D eigenvalue weighted by Gasteiger charge is 2.29. The molecule has 0 bridgehead atoms. The Morgan fingerprint density at radius 3 is 3.00 bits per heavy atom. The molecule has 9 heteroatoms. The van der Waals surface area contributed by atoms with Crippen LogP contribution in [-0.2, 0) is 4.74 Å². The highest BCUT2D eigenvalue weighted by molar-refractivity contribution is 9.10. The summed E-state index contributed by atoms with van der Waals surface area (Å²) >= 11 is 8.80. The van der Waals surface area contributed by atoms with E-state index in [4.69, 9.17) is 37.4 Å². The fourth-order valence-corrected chi connectivity index (χ4v) is 3.11. The minimum absolute atomic E-state index is 0.160. The minimum atomic E-state index is -0.457. The van der Waals surface area contributed by atoms with E-state index in [0.29, 0.717) is 35.3 Å². The summed E-state index contributed by atoms with van der Waals surface area (Å²) in [4.78, 5) is 0. The van der Waals surface area contributed by atoms with Crippen molar-refractivity contribution in [2.75, 3.05) is 18.7 Å². The van der Waals surface area contributed by atoms with E-state index in [0.717, 1.165) is 4.47 Å². The van der Waals surface area contributed by atoms with Crippen LogP contribution in [0, 0.1) is 11.3 Å². The zero-order chi connectivity index (χ0) is 16.4. The molecular formula is C14H15BrN4O3S. The Labute approximate surface area is 147 Å². The normalized spacial score (nSPS) is 25.5. The Bertz CT molecular complexity index is 666. The number of ether oxygens (including phenoxy) is 3. The first kappa shape index (κ1) is 16.3. The summed E-state index contributed by atoms with van der Waals surface area (Å²) in [6, 6.07) is 5.37. The average Bonchev–Trinajstić information content (AvgIpc) is 3.01. The van der Waals surface area contributed by atoms with E-state index < -0.39 is 6.10 Å². The smallest absolute Gasteiger partial charge is 0.231 e. The van der Waals surface area contributed by atoms with Crippen molar-refractivity contribution < 1.29 is 14.2 Å². The number of nitrogens with zero attached hydrogens (tertiary/aromatic N) is 1. The third-order valence-electron chi connectivity index (χ3n) is 3.67. The molecule has 122 valence electrons. The maximum Gasteiger partial charge on any atom is 0.231 e. The number of hydrogen-bond donors (Lipinski definition) is 3. The van der Waals surface area contributed by atoms with Crippen LogP contribution >= 0.6 is 28.1 Å². The van der Waals surface area contributed by atoms with Gasteiger partial charge in [-0.1, -0.05) is 0 Å². The van der Waals surface area contributed by atoms with E-state index in [-0.39, 0.29) is 18.9 Å². The Hall–Kier alpha value is -1.60. The summed E-state index contributed by atoms with van der Waals surface area (Å²) in [5.74, 6) is 1.27. The zero-order valence-electron chi connectivity index (χ0n) is 12.0. The van der Waals surface area contributed by atoms with Gasteiger partial charge in [0.1, 0.15) is 11.8 Å². The number of anilines is 1. The molecule has 0 aromatic heterocycles. The second-order valence-corrected chi connectivity index (χ2v) is 6.47. The van der Waals surface area contributed by atoms with Crippen LogP contribution in [0.1, 0.15) is 6.42 Å². The second kappa shape index (κ2) is 6.88. The first-order valence-corrected chi connectivity index (χ1v) is 8.21. The summed E-state index contributed by atoms with van der Waals surface area (Å²) < 4.78 is 17.0. The third-order valence-corrected chi connectivity index (χ3v) is 4.55. The number of halogens is 1. The largest absolute Gasteiger partial charge is 0.454 e. The van der Waals surface area contributed by atoms with Crippen LogP contribution in [0.15, 0.2) is 16.6 Å². The molecule has 23 heavy (non-hydrogen) atoms. The van der Waals surface area contributed by atoms with Gasteiger partial charge in [0.15, 0.2) is 16.6 Å². The number of nitrogens with two attached hydrogens (primary N) is 1. The predicted octanol–water partition coefficient (Wildman–Crippen LogP) is 1.47. The Kier molecular flexibility index (Phi) is 4.87. The molecule has 0 unspecified atom stereocenters. The third kappa shape index (κ3) is 3.50. The number of thiocarbonyl (C=S) groups is 1. The highest BCUT2D eigenvalue weighted by Crippen LogP contribution is 2.43. The van der Waals surface area contributed by atoms with Crippen molar-refractivity contribution in [2.45, 2.75) is 24.6 Å². The monoisotopic (exact) mass is 398 g/mol. The summed E-state index contributed by atoms with van der Waals surface area (Å²) in [7, 11) is 0. The molecule has 3 atom stereocenters. The van der Waals surface area contributed by atoms with Crippen LogP contribution in [0.2, 0.25) is 0 Å². The van der Waals surface area contributed by atoms with Crippen LogP contribution in [0.5, 0.6) is 11.5 Å². The van der Waals surface area contributed by atoms with Gasteiger partial charge in [0.25, 0.3) is 0 Å². The van der Waals surface area contributed by atoms with Crippen molar-refractivity contribution in [1.82, 2.24) is 5.32 Å². The summed E-state index contributed by atoms with van der Waals surface area (Å²) in [5, 5.41) is 15.5. The van der Waals surface area contributed by atoms with E-state index in [2.05, 4.69) is 32.6 Å².